The van der Waals surface area contributed by atoms with Crippen LogP contribution in [-0.2, 0) is 11.3 Å². The van der Waals surface area contributed by atoms with Crippen molar-refractivity contribution >= 4 is 17.7 Å². The van der Waals surface area contributed by atoms with Crippen molar-refractivity contribution in [2.24, 2.45) is 0 Å². The smallest absolute Gasteiger partial charge is 0.251 e. The molecule has 0 saturated carbocycles. The van der Waals surface area contributed by atoms with Crippen LogP contribution in [-0.4, -0.2) is 30.8 Å². The molecule has 1 atom stereocenters. The van der Waals surface area contributed by atoms with Crippen LogP contribution >= 0.6 is 0 Å². The van der Waals surface area contributed by atoms with Gasteiger partial charge in [0.15, 0.2) is 0 Å². The summed E-state index contributed by atoms with van der Waals surface area (Å²) in [4.78, 5) is 35.6. The molecule has 0 fully saturated rings. The molecule has 0 aliphatic rings. The zero-order valence-electron chi connectivity index (χ0n) is 14.9. The maximum Gasteiger partial charge on any atom is 0.251 e. The second-order valence-corrected chi connectivity index (χ2v) is 6.00. The second-order valence-electron chi connectivity index (χ2n) is 6.00. The zero-order chi connectivity index (χ0) is 18.9. The summed E-state index contributed by atoms with van der Waals surface area (Å²) < 4.78 is 0. The molecule has 0 aliphatic carbocycles. The predicted octanol–water partition coefficient (Wildman–Crippen LogP) is 1.87. The molecule has 2 rings (SSSR count). The van der Waals surface area contributed by atoms with Crippen LogP contribution in [0.15, 0.2) is 54.6 Å². The number of benzene rings is 2. The first kappa shape index (κ1) is 19.2. The van der Waals surface area contributed by atoms with Gasteiger partial charge in [-0.05, 0) is 36.8 Å². The molecule has 0 bridgehead atoms. The molecule has 6 nitrogen and oxygen atoms in total. The van der Waals surface area contributed by atoms with E-state index in [2.05, 4.69) is 16.0 Å². The summed E-state index contributed by atoms with van der Waals surface area (Å²) in [6.45, 7) is 2.16. The van der Waals surface area contributed by atoms with E-state index in [1.807, 2.05) is 6.07 Å². The number of nitrogens with one attached hydrogen (secondary N) is 3. The number of hydrogen-bond donors (Lipinski definition) is 3. The van der Waals surface area contributed by atoms with Crippen molar-refractivity contribution in [2.45, 2.75) is 25.9 Å². The van der Waals surface area contributed by atoms with E-state index in [1.165, 1.54) is 0 Å². The van der Waals surface area contributed by atoms with Crippen LogP contribution in [0.2, 0.25) is 0 Å². The van der Waals surface area contributed by atoms with Crippen molar-refractivity contribution in [1.82, 2.24) is 16.0 Å². The van der Waals surface area contributed by atoms with Crippen molar-refractivity contribution < 1.29 is 14.4 Å². The van der Waals surface area contributed by atoms with Crippen molar-refractivity contribution in [3.05, 3.63) is 71.3 Å². The van der Waals surface area contributed by atoms with Crippen molar-refractivity contribution in [3.63, 3.8) is 0 Å². The van der Waals surface area contributed by atoms with E-state index < -0.39 is 0 Å². The number of carbonyl (C=O) groups excluding carboxylic acids is 3. The summed E-state index contributed by atoms with van der Waals surface area (Å²) in [6.07, 6.45) is 0.189. The third kappa shape index (κ3) is 5.73. The Bertz CT molecular complexity index is 758. The van der Waals surface area contributed by atoms with Crippen molar-refractivity contribution in [1.29, 1.82) is 0 Å². The average Bonchev–Trinajstić information content (AvgIpc) is 2.66. The van der Waals surface area contributed by atoms with E-state index in [0.29, 0.717) is 17.7 Å². The summed E-state index contributed by atoms with van der Waals surface area (Å²) in [5.74, 6) is -0.500. The van der Waals surface area contributed by atoms with Crippen LogP contribution in [0.1, 0.15) is 39.6 Å². The molecule has 1 unspecified atom stereocenters. The lowest BCUT2D eigenvalue weighted by atomic mass is 10.1. The fourth-order valence-corrected chi connectivity index (χ4v) is 2.42. The van der Waals surface area contributed by atoms with Gasteiger partial charge < -0.3 is 16.0 Å². The Kier molecular flexibility index (Phi) is 6.91. The van der Waals surface area contributed by atoms with Crippen LogP contribution < -0.4 is 16.0 Å². The topological polar surface area (TPSA) is 87.3 Å². The Balaban J connectivity index is 1.77. The first-order chi connectivity index (χ1) is 12.5. The molecule has 0 saturated heterocycles. The zero-order valence-corrected chi connectivity index (χ0v) is 14.9. The minimum Gasteiger partial charge on any atom is -0.355 e. The average molecular weight is 353 g/mol. The monoisotopic (exact) mass is 353 g/mol. The maximum absolute atomic E-state index is 12.1. The van der Waals surface area contributed by atoms with Crippen LogP contribution in [0.25, 0.3) is 0 Å². The lowest BCUT2D eigenvalue weighted by Crippen LogP contribution is -2.37. The molecule has 0 radical (unpaired) electrons. The number of amides is 3. The summed E-state index contributed by atoms with van der Waals surface area (Å²) >= 11 is 0. The minimum atomic E-state index is -0.279. The molecule has 0 aromatic heterocycles. The normalized spacial score (nSPS) is 11.3. The molecule has 3 amide bonds. The van der Waals surface area contributed by atoms with Gasteiger partial charge in [0.2, 0.25) is 5.91 Å². The molecule has 6 heteroatoms. The molecular weight excluding hydrogens is 330 g/mol. The Morgan fingerprint density at radius 3 is 2.12 bits per heavy atom. The van der Waals surface area contributed by atoms with Crippen LogP contribution in [0.3, 0.4) is 0 Å². The van der Waals surface area contributed by atoms with E-state index in [-0.39, 0.29) is 30.2 Å². The van der Waals surface area contributed by atoms with Gasteiger partial charge in [-0.2, -0.15) is 0 Å². The van der Waals surface area contributed by atoms with Crippen molar-refractivity contribution in [3.8, 4) is 0 Å². The Morgan fingerprint density at radius 2 is 1.50 bits per heavy atom. The SMILES string of the molecule is CNC(=O)c1ccc(CNC(=O)CC(C)NC(=O)c2ccccc2)cc1. The highest BCUT2D eigenvalue weighted by Crippen LogP contribution is 2.05. The standard InChI is InChI=1S/C20H23N3O3/c1-14(23-20(26)16-6-4-3-5-7-16)12-18(24)22-13-15-8-10-17(11-9-15)19(25)21-2/h3-11,14H,12-13H2,1-2H3,(H,21,25)(H,22,24)(H,23,26). The van der Waals surface area contributed by atoms with E-state index in [1.54, 1.807) is 62.5 Å². The van der Waals surface area contributed by atoms with Gasteiger partial charge >= 0.3 is 0 Å². The highest BCUT2D eigenvalue weighted by molar-refractivity contribution is 5.94. The molecule has 2 aromatic rings. The van der Waals surface area contributed by atoms with Gasteiger partial charge in [-0.1, -0.05) is 30.3 Å². The van der Waals surface area contributed by atoms with Gasteiger partial charge in [0.1, 0.15) is 0 Å². The van der Waals surface area contributed by atoms with Crippen LogP contribution in [0.4, 0.5) is 0 Å². The van der Waals surface area contributed by atoms with E-state index in [9.17, 15) is 14.4 Å². The molecular formula is C20H23N3O3. The molecule has 3 N–H and O–H groups in total. The highest BCUT2D eigenvalue weighted by Gasteiger charge is 2.13. The molecule has 0 spiro atoms. The minimum absolute atomic E-state index is 0.149. The molecule has 0 aliphatic heterocycles. The van der Waals surface area contributed by atoms with Gasteiger partial charge in [-0.3, -0.25) is 14.4 Å². The highest BCUT2D eigenvalue weighted by atomic mass is 16.2. The molecule has 2 aromatic carbocycles. The Labute approximate surface area is 153 Å². The lowest BCUT2D eigenvalue weighted by molar-refractivity contribution is -0.121. The van der Waals surface area contributed by atoms with E-state index in [4.69, 9.17) is 0 Å². The Hall–Kier alpha value is -3.15. The number of rotatable bonds is 7. The van der Waals surface area contributed by atoms with Gasteiger partial charge in [0, 0.05) is 37.2 Å². The predicted molar refractivity (Wildman–Crippen MR) is 99.7 cm³/mol. The molecule has 136 valence electrons. The van der Waals surface area contributed by atoms with E-state index in [0.717, 1.165) is 5.56 Å². The largest absolute Gasteiger partial charge is 0.355 e. The van der Waals surface area contributed by atoms with Gasteiger partial charge in [0.05, 0.1) is 0 Å². The quantitative estimate of drug-likeness (QED) is 0.710. The third-order valence-corrected chi connectivity index (χ3v) is 3.84. The van der Waals surface area contributed by atoms with Gasteiger partial charge in [-0.15, -0.1) is 0 Å². The third-order valence-electron chi connectivity index (χ3n) is 3.84. The Morgan fingerprint density at radius 1 is 0.885 bits per heavy atom. The number of hydrogen-bond acceptors (Lipinski definition) is 3. The molecule has 26 heavy (non-hydrogen) atoms. The first-order valence-electron chi connectivity index (χ1n) is 8.43. The summed E-state index contributed by atoms with van der Waals surface area (Å²) in [5, 5.41) is 8.18. The van der Waals surface area contributed by atoms with E-state index >= 15 is 0 Å². The first-order valence-corrected chi connectivity index (χ1v) is 8.43. The fraction of sp³-hybridized carbons (Fsp3) is 0.250. The maximum atomic E-state index is 12.1. The second kappa shape index (κ2) is 9.36. The van der Waals surface area contributed by atoms with Gasteiger partial charge in [0.25, 0.3) is 11.8 Å². The number of carbonyl (C=O) groups is 3. The van der Waals surface area contributed by atoms with Crippen LogP contribution in [0.5, 0.6) is 0 Å². The molecule has 0 heterocycles. The summed E-state index contributed by atoms with van der Waals surface area (Å²) in [6, 6.07) is 15.6. The van der Waals surface area contributed by atoms with Crippen molar-refractivity contribution in [2.75, 3.05) is 7.05 Å². The summed E-state index contributed by atoms with van der Waals surface area (Å²) in [5.41, 5.74) is 2.03. The lowest BCUT2D eigenvalue weighted by Gasteiger charge is -2.14. The van der Waals surface area contributed by atoms with Gasteiger partial charge in [-0.25, -0.2) is 0 Å². The van der Waals surface area contributed by atoms with Crippen LogP contribution in [0, 0.1) is 0 Å². The summed E-state index contributed by atoms with van der Waals surface area (Å²) in [7, 11) is 1.58. The fourth-order valence-electron chi connectivity index (χ4n) is 2.42.